The molecule has 4 nitrogen and oxygen atoms in total. The first-order valence-corrected chi connectivity index (χ1v) is 8.74. The minimum Gasteiger partial charge on any atom is -0.508 e. The van der Waals surface area contributed by atoms with Crippen molar-refractivity contribution >= 4 is 35.5 Å². The second-order valence-corrected chi connectivity index (χ2v) is 6.40. The van der Waals surface area contributed by atoms with Crippen molar-refractivity contribution in [3.63, 3.8) is 0 Å². The summed E-state index contributed by atoms with van der Waals surface area (Å²) in [5, 5.41) is 18.7. The Labute approximate surface area is 168 Å². The van der Waals surface area contributed by atoms with E-state index in [4.69, 9.17) is 5.11 Å². The molecule has 1 aromatic rings. The van der Waals surface area contributed by atoms with Gasteiger partial charge in [-0.3, -0.25) is 9.69 Å². The number of benzene rings is 1. The first-order chi connectivity index (χ1) is 11.0. The van der Waals surface area contributed by atoms with Crippen molar-refractivity contribution in [3.8, 4) is 5.75 Å². The van der Waals surface area contributed by atoms with Crippen LogP contribution in [0.4, 0.5) is 0 Å². The molecule has 0 saturated heterocycles. The summed E-state index contributed by atoms with van der Waals surface area (Å²) in [4.78, 5) is 12.4. The number of hydrogen-bond donors (Lipinski definition) is 2. The number of aromatic hydroxyl groups is 1. The third-order valence-corrected chi connectivity index (χ3v) is 4.06. The van der Waals surface area contributed by atoms with Crippen molar-refractivity contribution in [1.82, 2.24) is 4.90 Å². The van der Waals surface area contributed by atoms with Gasteiger partial charge in [0, 0.05) is 41.7 Å². The van der Waals surface area contributed by atoms with Crippen molar-refractivity contribution in [2.75, 3.05) is 13.6 Å². The second-order valence-electron chi connectivity index (χ2n) is 6.40. The Balaban J connectivity index is 0.00000529. The molecule has 0 heterocycles. The minimum absolute atomic E-state index is 0. The van der Waals surface area contributed by atoms with Crippen LogP contribution in [0.3, 0.4) is 0 Å². The van der Waals surface area contributed by atoms with Gasteiger partial charge in [-0.15, -0.1) is 0 Å². The summed E-state index contributed by atoms with van der Waals surface area (Å²) in [5.74, 6) is -0.614. The summed E-state index contributed by atoms with van der Waals surface area (Å²) < 4.78 is 0. The standard InChI is InChI=1S/C19H31NO3.Na/c1-3-4-5-6-7-8-9-10-16-11-12-18(21)17(13-16)14-20(2)15-19(22)23;/h11-13,21H,3-10,14-15H2,1-2H3,(H,22,23);. The molecule has 0 fully saturated rings. The molecule has 0 saturated carbocycles. The Morgan fingerprint density at radius 1 is 1.08 bits per heavy atom. The fraction of sp³-hybridized carbons (Fsp3) is 0.632. The van der Waals surface area contributed by atoms with E-state index in [9.17, 15) is 9.90 Å². The zero-order chi connectivity index (χ0) is 17.1. The van der Waals surface area contributed by atoms with Gasteiger partial charge in [0.25, 0.3) is 0 Å². The Hall–Kier alpha value is -0.550. The monoisotopic (exact) mass is 344 g/mol. The number of aliphatic carboxylic acids is 1. The maximum absolute atomic E-state index is 10.7. The quantitative estimate of drug-likeness (QED) is 0.447. The third-order valence-electron chi connectivity index (χ3n) is 4.06. The Kier molecular flexibility index (Phi) is 13.4. The fourth-order valence-corrected chi connectivity index (χ4v) is 2.78. The number of aryl methyl sites for hydroxylation is 1. The number of phenols is 1. The van der Waals surface area contributed by atoms with Crippen LogP contribution in [0.15, 0.2) is 18.2 Å². The van der Waals surface area contributed by atoms with Crippen LogP contribution >= 0.6 is 0 Å². The zero-order valence-corrected chi connectivity index (χ0v) is 17.6. The number of nitrogens with zero attached hydrogens (tertiary/aromatic N) is 1. The second kappa shape index (κ2) is 13.7. The van der Waals surface area contributed by atoms with Gasteiger partial charge in [-0.05, 0) is 31.5 Å². The van der Waals surface area contributed by atoms with Crippen molar-refractivity contribution in [1.29, 1.82) is 0 Å². The number of unbranched alkanes of at least 4 members (excludes halogenated alkanes) is 6. The molecule has 0 spiro atoms. The average molecular weight is 344 g/mol. The summed E-state index contributed by atoms with van der Waals surface area (Å²) in [5.41, 5.74) is 2.02. The van der Waals surface area contributed by atoms with E-state index >= 15 is 0 Å². The molecule has 2 N–H and O–H groups in total. The molecule has 24 heavy (non-hydrogen) atoms. The van der Waals surface area contributed by atoms with Crippen LogP contribution in [-0.2, 0) is 17.8 Å². The van der Waals surface area contributed by atoms with Crippen LogP contribution < -0.4 is 0 Å². The van der Waals surface area contributed by atoms with Crippen molar-refractivity contribution < 1.29 is 15.0 Å². The Morgan fingerprint density at radius 3 is 2.33 bits per heavy atom. The SMILES string of the molecule is CCCCCCCCCc1ccc(O)c(CN(C)CC(=O)O)c1.[Na]. The molecule has 0 atom stereocenters. The Bertz CT molecular complexity index is 480. The van der Waals surface area contributed by atoms with Crippen LogP contribution in [0, 0.1) is 0 Å². The largest absolute Gasteiger partial charge is 0.508 e. The van der Waals surface area contributed by atoms with Crippen LogP contribution in [-0.4, -0.2) is 64.2 Å². The van der Waals surface area contributed by atoms with Crippen molar-refractivity contribution in [3.05, 3.63) is 29.3 Å². The van der Waals surface area contributed by atoms with Crippen LogP contribution in [0.5, 0.6) is 5.75 Å². The molecule has 0 unspecified atom stereocenters. The number of rotatable bonds is 12. The van der Waals surface area contributed by atoms with E-state index in [1.54, 1.807) is 18.0 Å². The fourth-order valence-electron chi connectivity index (χ4n) is 2.78. The molecule has 1 radical (unpaired) electrons. The number of hydrogen-bond acceptors (Lipinski definition) is 3. The van der Waals surface area contributed by atoms with E-state index < -0.39 is 5.97 Å². The summed E-state index contributed by atoms with van der Waals surface area (Å²) in [6, 6.07) is 5.69. The van der Waals surface area contributed by atoms with E-state index in [-0.39, 0.29) is 41.9 Å². The van der Waals surface area contributed by atoms with Gasteiger partial charge in [0.05, 0.1) is 6.54 Å². The number of carboxylic acids is 1. The van der Waals surface area contributed by atoms with Gasteiger partial charge < -0.3 is 10.2 Å². The molecule has 131 valence electrons. The topological polar surface area (TPSA) is 60.8 Å². The van der Waals surface area contributed by atoms with Gasteiger partial charge in [0.15, 0.2) is 0 Å². The van der Waals surface area contributed by atoms with E-state index in [0.29, 0.717) is 6.54 Å². The maximum atomic E-state index is 10.7. The molecular weight excluding hydrogens is 313 g/mol. The van der Waals surface area contributed by atoms with E-state index in [1.807, 2.05) is 12.1 Å². The summed E-state index contributed by atoms with van der Waals surface area (Å²) in [6.07, 6.45) is 10.0. The number of carbonyl (C=O) groups is 1. The molecule has 0 amide bonds. The first kappa shape index (κ1) is 23.4. The van der Waals surface area contributed by atoms with E-state index in [0.717, 1.165) is 12.0 Å². The van der Waals surface area contributed by atoms with Gasteiger partial charge >= 0.3 is 5.97 Å². The normalized spacial score (nSPS) is 10.6. The van der Waals surface area contributed by atoms with Gasteiger partial charge in [-0.1, -0.05) is 57.6 Å². The first-order valence-electron chi connectivity index (χ1n) is 8.74. The predicted molar refractivity (Wildman–Crippen MR) is 99.5 cm³/mol. The van der Waals surface area contributed by atoms with Crippen molar-refractivity contribution in [2.45, 2.75) is 64.8 Å². The van der Waals surface area contributed by atoms with E-state index in [2.05, 4.69) is 6.92 Å². The number of phenolic OH excluding ortho intramolecular Hbond substituents is 1. The number of likely N-dealkylation sites (N-methyl/N-ethyl adjacent to an activating group) is 1. The van der Waals surface area contributed by atoms with E-state index in [1.165, 1.54) is 50.5 Å². The van der Waals surface area contributed by atoms with Gasteiger partial charge in [-0.25, -0.2) is 0 Å². The summed E-state index contributed by atoms with van der Waals surface area (Å²) >= 11 is 0. The zero-order valence-electron chi connectivity index (χ0n) is 15.6. The molecule has 0 aliphatic carbocycles. The minimum atomic E-state index is -0.855. The molecule has 1 aromatic carbocycles. The molecule has 5 heteroatoms. The molecule has 1 rings (SSSR count). The van der Waals surface area contributed by atoms with Gasteiger partial charge in [-0.2, -0.15) is 0 Å². The van der Waals surface area contributed by atoms with Crippen LogP contribution in [0.1, 0.15) is 63.0 Å². The smallest absolute Gasteiger partial charge is 0.317 e. The number of carboxylic acid groups (broad SMARTS) is 1. The molecular formula is C19H31NNaO3. The van der Waals surface area contributed by atoms with Crippen molar-refractivity contribution in [2.24, 2.45) is 0 Å². The molecule has 0 aromatic heterocycles. The average Bonchev–Trinajstić information content (AvgIpc) is 2.48. The van der Waals surface area contributed by atoms with Gasteiger partial charge in [0.1, 0.15) is 5.75 Å². The predicted octanol–water partition coefficient (Wildman–Crippen LogP) is 3.82. The maximum Gasteiger partial charge on any atom is 0.317 e. The summed E-state index contributed by atoms with van der Waals surface area (Å²) in [7, 11) is 1.75. The summed E-state index contributed by atoms with van der Waals surface area (Å²) in [6.45, 7) is 2.65. The molecule has 0 aliphatic rings. The molecule has 0 aliphatic heterocycles. The van der Waals surface area contributed by atoms with Crippen LogP contribution in [0.25, 0.3) is 0 Å². The van der Waals surface area contributed by atoms with Gasteiger partial charge in [0.2, 0.25) is 0 Å². The molecule has 0 bridgehead atoms. The van der Waals surface area contributed by atoms with Crippen LogP contribution in [0.2, 0.25) is 0 Å². The third kappa shape index (κ3) is 10.3. The Morgan fingerprint density at radius 2 is 1.71 bits per heavy atom.